The first kappa shape index (κ1) is 8.07. The van der Waals surface area contributed by atoms with Crippen LogP contribution >= 0.6 is 23.2 Å². The van der Waals surface area contributed by atoms with E-state index in [1.165, 1.54) is 0 Å². The quantitative estimate of drug-likeness (QED) is 0.401. The number of hydrogen-bond acceptors (Lipinski definition) is 0. The van der Waals surface area contributed by atoms with Crippen molar-refractivity contribution in [3.8, 4) is 0 Å². The van der Waals surface area contributed by atoms with Crippen LogP contribution in [0.5, 0.6) is 0 Å². The van der Waals surface area contributed by atoms with Crippen LogP contribution in [0, 0.1) is 6.57 Å². The Hall–Kier alpha value is 0.0700. The van der Waals surface area contributed by atoms with Crippen molar-refractivity contribution in [3.63, 3.8) is 0 Å². The lowest BCUT2D eigenvalue weighted by molar-refractivity contribution is 0.663. The van der Waals surface area contributed by atoms with Gasteiger partial charge in [-0.2, -0.15) is 0 Å². The molecule has 3 heteroatoms. The van der Waals surface area contributed by atoms with E-state index in [0.29, 0.717) is 0 Å². The van der Waals surface area contributed by atoms with E-state index >= 15 is 0 Å². The summed E-state index contributed by atoms with van der Waals surface area (Å²) in [4.78, 5) is 2.61. The molecule has 0 radical (unpaired) electrons. The Morgan fingerprint density at radius 1 is 1.50 bits per heavy atom. The predicted octanol–water partition coefficient (Wildman–Crippen LogP) is 2.49. The zero-order chi connectivity index (χ0) is 6.78. The Morgan fingerprint density at radius 3 is 1.88 bits per heavy atom. The van der Waals surface area contributed by atoms with Gasteiger partial charge in [-0.05, 0) is 0 Å². The highest BCUT2D eigenvalue weighted by atomic mass is 35.5. The van der Waals surface area contributed by atoms with Crippen LogP contribution in [0.1, 0.15) is 13.8 Å². The summed E-state index contributed by atoms with van der Waals surface area (Å²) in [6.07, 6.45) is 0. The van der Waals surface area contributed by atoms with Crippen LogP contribution < -0.4 is 0 Å². The van der Waals surface area contributed by atoms with E-state index in [1.54, 1.807) is 13.8 Å². The average Bonchev–Trinajstić information content (AvgIpc) is 1.67. The fraction of sp³-hybridized carbons (Fsp3) is 0.800. The van der Waals surface area contributed by atoms with Crippen molar-refractivity contribution in [1.29, 1.82) is 0 Å². The third-order valence-corrected chi connectivity index (χ3v) is 1.89. The highest BCUT2D eigenvalue weighted by molar-refractivity contribution is 6.45. The molecular weight excluding hydrogens is 145 g/mol. The first-order valence-corrected chi connectivity index (χ1v) is 3.05. The largest absolute Gasteiger partial charge is 0.308 e. The van der Waals surface area contributed by atoms with Gasteiger partial charge in [-0.1, -0.05) is 23.2 Å². The number of alkyl halides is 2. The normalized spacial score (nSPS) is 11.5. The molecule has 0 rings (SSSR count). The third kappa shape index (κ3) is 1.90. The van der Waals surface area contributed by atoms with Crippen LogP contribution in [0.3, 0.4) is 0 Å². The lowest BCUT2D eigenvalue weighted by Crippen LogP contribution is -2.22. The minimum absolute atomic E-state index is 0.597. The monoisotopic (exact) mass is 151 g/mol. The van der Waals surface area contributed by atoms with E-state index in [-0.39, 0.29) is 0 Å². The summed E-state index contributed by atoms with van der Waals surface area (Å²) in [5.74, 6) is 0. The Kier molecular flexibility index (Phi) is 2.59. The first-order valence-electron chi connectivity index (χ1n) is 2.17. The van der Waals surface area contributed by atoms with Gasteiger partial charge < -0.3 is 4.85 Å². The molecule has 0 heterocycles. The Morgan fingerprint density at radius 2 is 1.88 bits per heavy atom. The molecule has 0 unspecified atom stereocenters. The van der Waals surface area contributed by atoms with Crippen molar-refractivity contribution in [2.24, 2.45) is 0 Å². The lowest BCUT2D eigenvalue weighted by atomic mass is 10.1. The Labute approximate surface area is 59.4 Å². The summed E-state index contributed by atoms with van der Waals surface area (Å²) < 4.78 is 0. The van der Waals surface area contributed by atoms with Crippen molar-refractivity contribution in [2.75, 3.05) is 0 Å². The molecule has 0 amide bonds. The third-order valence-electron chi connectivity index (χ3n) is 0.822. The topological polar surface area (TPSA) is 4.36 Å². The van der Waals surface area contributed by atoms with Gasteiger partial charge in [0.15, 0.2) is 4.84 Å². The molecule has 0 aliphatic rings. The predicted molar refractivity (Wildman–Crippen MR) is 36.2 cm³/mol. The molecular formula is C5H7Cl2N. The van der Waals surface area contributed by atoms with Crippen LogP contribution in [0.15, 0.2) is 0 Å². The van der Waals surface area contributed by atoms with Crippen molar-refractivity contribution in [2.45, 2.75) is 24.2 Å². The molecule has 0 atom stereocenters. The van der Waals surface area contributed by atoms with Gasteiger partial charge >= 0.3 is 0 Å². The second-order valence-electron chi connectivity index (χ2n) is 2.07. The van der Waals surface area contributed by atoms with Crippen LogP contribution in [0.4, 0.5) is 0 Å². The van der Waals surface area contributed by atoms with Gasteiger partial charge in [0.25, 0.3) is 5.54 Å². The zero-order valence-electron chi connectivity index (χ0n) is 4.78. The minimum Gasteiger partial charge on any atom is -0.308 e. The smallest absolute Gasteiger partial charge is 0.256 e. The summed E-state index contributed by atoms with van der Waals surface area (Å²) in [7, 11) is 0. The van der Waals surface area contributed by atoms with E-state index in [4.69, 9.17) is 29.8 Å². The molecule has 0 aromatic heterocycles. The Balaban J connectivity index is 3.97. The van der Waals surface area contributed by atoms with Gasteiger partial charge in [0.2, 0.25) is 0 Å². The highest BCUT2D eigenvalue weighted by Crippen LogP contribution is 2.22. The summed E-state index contributed by atoms with van der Waals surface area (Å²) in [5, 5.41) is 0. The summed E-state index contributed by atoms with van der Waals surface area (Å²) in [6.45, 7) is 9.99. The standard InChI is InChI=1S/C5H7Cl2N/c1-5(2,8-3)4(6)7/h4H,1-2H3. The van der Waals surface area contributed by atoms with Crippen molar-refractivity contribution >= 4 is 23.2 Å². The molecule has 0 saturated heterocycles. The number of hydrogen-bond donors (Lipinski definition) is 0. The maximum Gasteiger partial charge on any atom is 0.256 e. The summed E-state index contributed by atoms with van der Waals surface area (Å²) in [6, 6.07) is 0. The SMILES string of the molecule is [C-]#[N+]C(C)(C)C(Cl)Cl. The van der Waals surface area contributed by atoms with Crippen LogP contribution in [0.25, 0.3) is 4.85 Å². The molecule has 0 aromatic rings. The summed E-state index contributed by atoms with van der Waals surface area (Å²) in [5.41, 5.74) is -0.636. The number of halogens is 2. The molecule has 0 spiro atoms. The van der Waals surface area contributed by atoms with Gasteiger partial charge in [0.05, 0.1) is 0 Å². The molecule has 0 N–H and O–H groups in total. The summed E-state index contributed by atoms with van der Waals surface area (Å²) >= 11 is 10.8. The van der Waals surface area contributed by atoms with Gasteiger partial charge in [-0.15, -0.1) is 0 Å². The second kappa shape index (κ2) is 2.57. The lowest BCUT2D eigenvalue weighted by Gasteiger charge is -2.09. The molecule has 0 fully saturated rings. The van der Waals surface area contributed by atoms with Crippen LogP contribution in [-0.2, 0) is 0 Å². The van der Waals surface area contributed by atoms with E-state index in [2.05, 4.69) is 4.85 Å². The zero-order valence-corrected chi connectivity index (χ0v) is 6.29. The Bertz CT molecular complexity index is 112. The van der Waals surface area contributed by atoms with E-state index in [0.717, 1.165) is 0 Å². The van der Waals surface area contributed by atoms with Crippen LogP contribution in [0.2, 0.25) is 0 Å². The fourth-order valence-corrected chi connectivity index (χ4v) is 0.146. The molecule has 1 nitrogen and oxygen atoms in total. The van der Waals surface area contributed by atoms with Gasteiger partial charge in [0, 0.05) is 13.8 Å². The van der Waals surface area contributed by atoms with Gasteiger partial charge in [-0.3, -0.25) is 0 Å². The number of rotatable bonds is 1. The maximum absolute atomic E-state index is 6.59. The van der Waals surface area contributed by atoms with E-state index < -0.39 is 10.4 Å². The first-order chi connectivity index (χ1) is 3.50. The van der Waals surface area contributed by atoms with Crippen molar-refractivity contribution < 1.29 is 0 Å². The van der Waals surface area contributed by atoms with Crippen LogP contribution in [-0.4, -0.2) is 10.4 Å². The van der Waals surface area contributed by atoms with E-state index in [9.17, 15) is 0 Å². The molecule has 8 heavy (non-hydrogen) atoms. The maximum atomic E-state index is 6.59. The van der Waals surface area contributed by atoms with E-state index in [1.807, 2.05) is 0 Å². The molecule has 0 aliphatic carbocycles. The fourth-order valence-electron chi connectivity index (χ4n) is 0.0488. The highest BCUT2D eigenvalue weighted by Gasteiger charge is 2.31. The molecule has 0 saturated carbocycles. The minimum atomic E-state index is -0.636. The molecule has 0 aromatic carbocycles. The second-order valence-corrected chi connectivity index (χ2v) is 3.16. The average molecular weight is 152 g/mol. The van der Waals surface area contributed by atoms with Gasteiger partial charge in [-0.25, -0.2) is 6.57 Å². The molecule has 46 valence electrons. The molecule has 0 aliphatic heterocycles. The van der Waals surface area contributed by atoms with Crippen molar-refractivity contribution in [1.82, 2.24) is 0 Å². The number of nitrogens with zero attached hydrogens (tertiary/aromatic N) is 1. The van der Waals surface area contributed by atoms with Gasteiger partial charge in [0.1, 0.15) is 0 Å². The molecule has 0 bridgehead atoms. The van der Waals surface area contributed by atoms with Crippen molar-refractivity contribution in [3.05, 3.63) is 11.4 Å².